The van der Waals surface area contributed by atoms with Crippen LogP contribution in [0.15, 0.2) is 55.1 Å². The van der Waals surface area contributed by atoms with Crippen LogP contribution in [0, 0.1) is 0 Å². The van der Waals surface area contributed by atoms with E-state index in [1.165, 1.54) is 0 Å². The molecule has 2 heterocycles. The van der Waals surface area contributed by atoms with Gasteiger partial charge in [-0.25, -0.2) is 4.98 Å². The van der Waals surface area contributed by atoms with Gasteiger partial charge < -0.3 is 9.30 Å². The molecule has 0 unspecified atom stereocenters. The number of rotatable bonds is 3. The minimum atomic E-state index is -0.0995. The highest BCUT2D eigenvalue weighted by molar-refractivity contribution is 5.92. The van der Waals surface area contributed by atoms with Gasteiger partial charge in [-0.2, -0.15) is 0 Å². The third kappa shape index (κ3) is 2.38. The van der Waals surface area contributed by atoms with E-state index >= 15 is 0 Å². The van der Waals surface area contributed by atoms with Gasteiger partial charge in [0.15, 0.2) is 5.65 Å². The summed E-state index contributed by atoms with van der Waals surface area (Å²) < 4.78 is 1.79. The van der Waals surface area contributed by atoms with Gasteiger partial charge in [0.05, 0.1) is 6.20 Å². The minimum Gasteiger partial charge on any atom is -0.336 e. The Bertz CT molecular complexity index is 703. The number of fused-ring (bicyclic) bond motifs is 1. The zero-order chi connectivity index (χ0) is 13.9. The van der Waals surface area contributed by atoms with E-state index in [0.717, 1.165) is 5.56 Å². The molecule has 0 radical (unpaired) electrons. The second kappa shape index (κ2) is 5.13. The van der Waals surface area contributed by atoms with E-state index in [2.05, 4.69) is 9.97 Å². The van der Waals surface area contributed by atoms with Crippen LogP contribution in [0.4, 0.5) is 0 Å². The Morgan fingerprint density at radius 3 is 2.85 bits per heavy atom. The molecule has 1 amide bonds. The average Bonchev–Trinajstić information content (AvgIpc) is 2.91. The smallest absolute Gasteiger partial charge is 0.274 e. The predicted molar refractivity (Wildman–Crippen MR) is 75.2 cm³/mol. The van der Waals surface area contributed by atoms with E-state index in [4.69, 9.17) is 0 Å². The maximum atomic E-state index is 12.3. The van der Waals surface area contributed by atoms with Crippen molar-refractivity contribution in [1.29, 1.82) is 0 Å². The number of imidazole rings is 1. The molecule has 0 atom stereocenters. The Kier molecular flexibility index (Phi) is 3.16. The fourth-order valence-electron chi connectivity index (χ4n) is 2.07. The van der Waals surface area contributed by atoms with Crippen LogP contribution in [0.5, 0.6) is 0 Å². The molecule has 0 bridgehead atoms. The molecule has 0 spiro atoms. The van der Waals surface area contributed by atoms with E-state index in [0.29, 0.717) is 17.9 Å². The number of carbonyl (C=O) groups is 1. The number of aromatic nitrogens is 3. The minimum absolute atomic E-state index is 0.0995. The summed E-state index contributed by atoms with van der Waals surface area (Å²) in [5, 5.41) is 0. The third-order valence-electron chi connectivity index (χ3n) is 3.09. The van der Waals surface area contributed by atoms with Crippen molar-refractivity contribution in [1.82, 2.24) is 19.3 Å². The highest BCUT2D eigenvalue weighted by atomic mass is 16.2. The maximum Gasteiger partial charge on any atom is 0.274 e. The van der Waals surface area contributed by atoms with Crippen LogP contribution in [-0.2, 0) is 6.54 Å². The highest BCUT2D eigenvalue weighted by Gasteiger charge is 2.15. The first-order valence-electron chi connectivity index (χ1n) is 6.32. The number of benzene rings is 1. The van der Waals surface area contributed by atoms with Gasteiger partial charge in [-0.3, -0.25) is 9.78 Å². The summed E-state index contributed by atoms with van der Waals surface area (Å²) in [6.45, 7) is 0.561. The molecule has 0 aliphatic carbocycles. The van der Waals surface area contributed by atoms with Gasteiger partial charge in [0, 0.05) is 32.2 Å². The van der Waals surface area contributed by atoms with E-state index in [-0.39, 0.29) is 5.91 Å². The summed E-state index contributed by atoms with van der Waals surface area (Å²) in [6.07, 6.45) is 6.79. The van der Waals surface area contributed by atoms with Crippen LogP contribution >= 0.6 is 0 Å². The summed E-state index contributed by atoms with van der Waals surface area (Å²) >= 11 is 0. The van der Waals surface area contributed by atoms with E-state index in [9.17, 15) is 4.79 Å². The number of nitrogens with zero attached hydrogens (tertiary/aromatic N) is 4. The van der Waals surface area contributed by atoms with Crippen LogP contribution in [0.25, 0.3) is 5.65 Å². The van der Waals surface area contributed by atoms with Crippen molar-refractivity contribution in [2.75, 3.05) is 7.05 Å². The number of carbonyl (C=O) groups excluding carboxylic acids is 1. The molecule has 0 N–H and O–H groups in total. The van der Waals surface area contributed by atoms with Gasteiger partial charge in [-0.15, -0.1) is 0 Å². The summed E-state index contributed by atoms with van der Waals surface area (Å²) in [4.78, 5) is 22.3. The molecular weight excluding hydrogens is 252 g/mol. The van der Waals surface area contributed by atoms with Crippen LogP contribution in [-0.4, -0.2) is 32.2 Å². The molecule has 0 aliphatic rings. The van der Waals surface area contributed by atoms with Crippen molar-refractivity contribution in [3.05, 3.63) is 66.4 Å². The Morgan fingerprint density at radius 1 is 1.30 bits per heavy atom. The lowest BCUT2D eigenvalue weighted by atomic mass is 10.2. The highest BCUT2D eigenvalue weighted by Crippen LogP contribution is 2.09. The number of amides is 1. The van der Waals surface area contributed by atoms with Crippen molar-refractivity contribution in [2.45, 2.75) is 6.54 Å². The topological polar surface area (TPSA) is 50.5 Å². The Balaban J connectivity index is 1.81. The fourth-order valence-corrected chi connectivity index (χ4v) is 2.07. The van der Waals surface area contributed by atoms with Crippen LogP contribution < -0.4 is 0 Å². The maximum absolute atomic E-state index is 12.3. The molecule has 0 aliphatic heterocycles. The van der Waals surface area contributed by atoms with Gasteiger partial charge in [0.1, 0.15) is 5.69 Å². The van der Waals surface area contributed by atoms with Crippen molar-refractivity contribution in [3.8, 4) is 0 Å². The van der Waals surface area contributed by atoms with Crippen molar-refractivity contribution in [2.24, 2.45) is 0 Å². The zero-order valence-electron chi connectivity index (χ0n) is 11.1. The molecule has 5 nitrogen and oxygen atoms in total. The second-order valence-electron chi connectivity index (χ2n) is 4.61. The normalized spacial score (nSPS) is 10.7. The van der Waals surface area contributed by atoms with E-state index in [1.54, 1.807) is 41.1 Å². The van der Waals surface area contributed by atoms with Crippen LogP contribution in [0.1, 0.15) is 16.1 Å². The van der Waals surface area contributed by atoms with Crippen molar-refractivity contribution in [3.63, 3.8) is 0 Å². The van der Waals surface area contributed by atoms with Crippen LogP contribution in [0.2, 0.25) is 0 Å². The molecule has 3 rings (SSSR count). The van der Waals surface area contributed by atoms with Crippen molar-refractivity contribution < 1.29 is 4.79 Å². The first kappa shape index (κ1) is 12.3. The molecule has 100 valence electrons. The molecule has 1 aromatic carbocycles. The molecule has 2 aromatic heterocycles. The lowest BCUT2D eigenvalue weighted by Gasteiger charge is -2.15. The second-order valence-corrected chi connectivity index (χ2v) is 4.61. The summed E-state index contributed by atoms with van der Waals surface area (Å²) in [5.41, 5.74) is 2.19. The van der Waals surface area contributed by atoms with Gasteiger partial charge in [0.25, 0.3) is 5.91 Å². The summed E-state index contributed by atoms with van der Waals surface area (Å²) in [5.74, 6) is -0.0995. The zero-order valence-corrected chi connectivity index (χ0v) is 11.1. The first-order valence-corrected chi connectivity index (χ1v) is 6.32. The fraction of sp³-hybridized carbons (Fsp3) is 0.133. The van der Waals surface area contributed by atoms with Crippen molar-refractivity contribution >= 4 is 11.6 Å². The summed E-state index contributed by atoms with van der Waals surface area (Å²) in [6, 6.07) is 9.88. The Hall–Kier alpha value is -2.69. The largest absolute Gasteiger partial charge is 0.336 e. The summed E-state index contributed by atoms with van der Waals surface area (Å²) in [7, 11) is 1.78. The van der Waals surface area contributed by atoms with Gasteiger partial charge >= 0.3 is 0 Å². The quantitative estimate of drug-likeness (QED) is 0.728. The molecule has 0 saturated carbocycles. The third-order valence-corrected chi connectivity index (χ3v) is 3.09. The van der Waals surface area contributed by atoms with Gasteiger partial charge in [-0.1, -0.05) is 30.3 Å². The molecule has 3 aromatic rings. The van der Waals surface area contributed by atoms with E-state index in [1.807, 2.05) is 30.3 Å². The van der Waals surface area contributed by atoms with E-state index < -0.39 is 0 Å². The lowest BCUT2D eigenvalue weighted by Crippen LogP contribution is -2.26. The van der Waals surface area contributed by atoms with Gasteiger partial charge in [-0.05, 0) is 5.56 Å². The molecule has 5 heteroatoms. The SMILES string of the molecule is CN(Cc1ccccc1)C(=O)c1cn2ccncc2n1. The molecule has 0 fully saturated rings. The van der Waals surface area contributed by atoms with Crippen LogP contribution in [0.3, 0.4) is 0 Å². The average molecular weight is 266 g/mol. The molecule has 0 saturated heterocycles. The number of hydrogen-bond acceptors (Lipinski definition) is 3. The molecule has 20 heavy (non-hydrogen) atoms. The van der Waals surface area contributed by atoms with Gasteiger partial charge in [0.2, 0.25) is 0 Å². The predicted octanol–water partition coefficient (Wildman–Crippen LogP) is 2.00. The standard InChI is InChI=1S/C15H14N4O/c1-18(10-12-5-3-2-4-6-12)15(20)13-11-19-8-7-16-9-14(19)17-13/h2-9,11H,10H2,1H3. The molecular formula is C15H14N4O. The monoisotopic (exact) mass is 266 g/mol. The Morgan fingerprint density at radius 2 is 2.10 bits per heavy atom. The Labute approximate surface area is 116 Å². The lowest BCUT2D eigenvalue weighted by molar-refractivity contribution is 0.0780. The number of hydrogen-bond donors (Lipinski definition) is 0. The first-order chi connectivity index (χ1) is 9.74.